The summed E-state index contributed by atoms with van der Waals surface area (Å²) < 4.78 is 32.7. The molecular weight excluding hydrogens is 575 g/mol. The van der Waals surface area contributed by atoms with Gasteiger partial charge in [0.2, 0.25) is 0 Å². The number of aliphatic hydroxyl groups excluding tert-OH is 5. The van der Waals surface area contributed by atoms with Gasteiger partial charge in [-0.3, -0.25) is 18.6 Å². The zero-order valence-corrected chi connectivity index (χ0v) is 25.9. The second-order valence-electron chi connectivity index (χ2n) is 11.0. The van der Waals surface area contributed by atoms with Crippen LogP contribution in [0.2, 0.25) is 0 Å². The van der Waals surface area contributed by atoms with Crippen LogP contribution in [-0.2, 0) is 32.7 Å². The van der Waals surface area contributed by atoms with Gasteiger partial charge in [-0.05, 0) is 12.8 Å². The minimum Gasteiger partial charge on any atom is -0.462 e. The fourth-order valence-electron chi connectivity index (χ4n) is 4.58. The van der Waals surface area contributed by atoms with Crippen LogP contribution in [0.5, 0.6) is 0 Å². The molecule has 13 nitrogen and oxygen atoms in total. The van der Waals surface area contributed by atoms with E-state index in [0.29, 0.717) is 12.8 Å². The fraction of sp³-hybridized carbons (Fsp3) is 0.929. The van der Waals surface area contributed by atoms with Crippen molar-refractivity contribution in [3.05, 3.63) is 0 Å². The van der Waals surface area contributed by atoms with Crippen molar-refractivity contribution in [2.75, 3.05) is 13.2 Å². The van der Waals surface area contributed by atoms with Crippen LogP contribution in [0.25, 0.3) is 0 Å². The van der Waals surface area contributed by atoms with Gasteiger partial charge in [-0.25, -0.2) is 4.57 Å². The Hall–Kier alpha value is -1.15. The maximum absolute atomic E-state index is 12.6. The Labute approximate surface area is 249 Å². The number of carbonyl (C=O) groups is 2. The maximum atomic E-state index is 12.6. The van der Waals surface area contributed by atoms with Crippen LogP contribution in [-0.4, -0.2) is 98.3 Å². The van der Waals surface area contributed by atoms with Crippen molar-refractivity contribution in [3.8, 4) is 0 Å². The molecule has 0 amide bonds. The van der Waals surface area contributed by atoms with Gasteiger partial charge in [0.1, 0.15) is 43.2 Å². The van der Waals surface area contributed by atoms with Gasteiger partial charge < -0.3 is 39.9 Å². The van der Waals surface area contributed by atoms with E-state index in [-0.39, 0.29) is 12.8 Å². The monoisotopic (exact) mass is 628 g/mol. The lowest BCUT2D eigenvalue weighted by Crippen LogP contribution is -2.64. The molecule has 0 spiro atoms. The van der Waals surface area contributed by atoms with E-state index in [0.717, 1.165) is 38.5 Å². The second-order valence-corrected chi connectivity index (χ2v) is 12.4. The minimum atomic E-state index is -5.08. The molecule has 248 valence electrons. The summed E-state index contributed by atoms with van der Waals surface area (Å²) in [6.45, 7) is 3.00. The van der Waals surface area contributed by atoms with Crippen molar-refractivity contribution in [1.82, 2.24) is 0 Å². The van der Waals surface area contributed by atoms with E-state index in [2.05, 4.69) is 6.92 Å². The standard InChI is InChI=1S/C28H53O13P/c1-3-5-7-8-9-10-11-12-13-15-17-22(30)40-20(18-38-21(29)16-14-6-4-2)19-39-42(36,37)41-28-26(34)24(32)23(31)25(33)27(28)35/h20,23-28,31-35H,3-19H2,1-2H3,(H,36,37). The number of phosphoric ester groups is 1. The van der Waals surface area contributed by atoms with Gasteiger partial charge in [0.15, 0.2) is 6.10 Å². The molecule has 0 aliphatic heterocycles. The number of phosphoric acid groups is 1. The van der Waals surface area contributed by atoms with E-state index >= 15 is 0 Å². The van der Waals surface area contributed by atoms with Crippen LogP contribution in [0.4, 0.5) is 0 Å². The first-order chi connectivity index (χ1) is 19.9. The fourth-order valence-corrected chi connectivity index (χ4v) is 5.55. The minimum absolute atomic E-state index is 0.100. The Kier molecular flexibility index (Phi) is 19.9. The molecule has 0 aromatic rings. The molecule has 1 fully saturated rings. The Bertz CT molecular complexity index is 782. The average Bonchev–Trinajstić information content (AvgIpc) is 2.95. The number of rotatable bonds is 23. The summed E-state index contributed by atoms with van der Waals surface area (Å²) in [5.74, 6) is -1.13. The molecular formula is C28H53O13P. The molecule has 0 bridgehead atoms. The molecule has 6 atom stereocenters. The number of ether oxygens (including phenoxy) is 2. The van der Waals surface area contributed by atoms with Gasteiger partial charge in [0.25, 0.3) is 0 Å². The molecule has 1 aliphatic rings. The van der Waals surface area contributed by atoms with Crippen molar-refractivity contribution >= 4 is 19.8 Å². The number of unbranched alkanes of at least 4 members (excludes halogenated alkanes) is 11. The molecule has 1 rings (SSSR count). The van der Waals surface area contributed by atoms with Crippen molar-refractivity contribution < 1.29 is 63.1 Å². The molecule has 1 aliphatic carbocycles. The van der Waals surface area contributed by atoms with Crippen LogP contribution >= 0.6 is 7.82 Å². The number of carbonyl (C=O) groups excluding carboxylic acids is 2. The van der Waals surface area contributed by atoms with E-state index in [1.165, 1.54) is 32.1 Å². The van der Waals surface area contributed by atoms with Crippen LogP contribution in [0.1, 0.15) is 110 Å². The summed E-state index contributed by atoms with van der Waals surface area (Å²) in [5, 5.41) is 49.4. The van der Waals surface area contributed by atoms with Crippen LogP contribution < -0.4 is 0 Å². The first kappa shape index (κ1) is 38.9. The maximum Gasteiger partial charge on any atom is 0.472 e. The first-order valence-electron chi connectivity index (χ1n) is 15.3. The Morgan fingerprint density at radius 3 is 1.62 bits per heavy atom. The predicted molar refractivity (Wildman–Crippen MR) is 152 cm³/mol. The van der Waals surface area contributed by atoms with Gasteiger partial charge in [-0.2, -0.15) is 0 Å². The molecule has 42 heavy (non-hydrogen) atoms. The van der Waals surface area contributed by atoms with Crippen molar-refractivity contribution in [2.45, 2.75) is 153 Å². The highest BCUT2D eigenvalue weighted by molar-refractivity contribution is 7.47. The normalized spacial score (nSPS) is 26.4. The Morgan fingerprint density at radius 1 is 0.643 bits per heavy atom. The summed E-state index contributed by atoms with van der Waals surface area (Å²) >= 11 is 0. The van der Waals surface area contributed by atoms with Crippen molar-refractivity contribution in [1.29, 1.82) is 0 Å². The third-order valence-electron chi connectivity index (χ3n) is 7.20. The molecule has 0 heterocycles. The summed E-state index contributed by atoms with van der Waals surface area (Å²) in [6.07, 6.45) is 0.345. The van der Waals surface area contributed by atoms with E-state index in [9.17, 15) is 44.6 Å². The summed E-state index contributed by atoms with van der Waals surface area (Å²) in [7, 11) is -5.08. The number of hydrogen-bond acceptors (Lipinski definition) is 12. The van der Waals surface area contributed by atoms with Crippen LogP contribution in [0.15, 0.2) is 0 Å². The van der Waals surface area contributed by atoms with E-state index in [1.54, 1.807) is 0 Å². The van der Waals surface area contributed by atoms with Crippen molar-refractivity contribution in [3.63, 3.8) is 0 Å². The second kappa shape index (κ2) is 21.5. The van der Waals surface area contributed by atoms with Gasteiger partial charge in [0.05, 0.1) is 6.61 Å². The summed E-state index contributed by atoms with van der Waals surface area (Å²) in [6, 6.07) is 0. The largest absolute Gasteiger partial charge is 0.472 e. The highest BCUT2D eigenvalue weighted by atomic mass is 31.2. The number of aliphatic hydroxyl groups is 5. The summed E-state index contributed by atoms with van der Waals surface area (Å²) in [4.78, 5) is 34.7. The zero-order chi connectivity index (χ0) is 31.5. The van der Waals surface area contributed by atoms with E-state index in [1.807, 2.05) is 6.92 Å². The lowest BCUT2D eigenvalue weighted by atomic mass is 9.85. The average molecular weight is 629 g/mol. The highest BCUT2D eigenvalue weighted by Crippen LogP contribution is 2.47. The topological polar surface area (TPSA) is 210 Å². The molecule has 14 heteroatoms. The molecule has 1 saturated carbocycles. The SMILES string of the molecule is CCCCCCCCCCCCC(=O)OC(COC(=O)CCCCC)COP(=O)(O)OC1C(O)C(O)C(O)C(O)C1O. The molecule has 6 unspecified atom stereocenters. The van der Waals surface area contributed by atoms with Gasteiger partial charge >= 0.3 is 19.8 Å². The smallest absolute Gasteiger partial charge is 0.462 e. The highest BCUT2D eigenvalue weighted by Gasteiger charge is 2.51. The molecule has 6 N–H and O–H groups in total. The van der Waals surface area contributed by atoms with Crippen molar-refractivity contribution in [2.24, 2.45) is 0 Å². The van der Waals surface area contributed by atoms with Crippen LogP contribution in [0.3, 0.4) is 0 Å². The van der Waals surface area contributed by atoms with E-state index < -0.39 is 75.7 Å². The lowest BCUT2D eigenvalue weighted by Gasteiger charge is -2.41. The quantitative estimate of drug-likeness (QED) is 0.0547. The third kappa shape index (κ3) is 15.5. The Balaban J connectivity index is 2.60. The molecule has 0 aromatic heterocycles. The van der Waals surface area contributed by atoms with Gasteiger partial charge in [-0.15, -0.1) is 0 Å². The molecule has 0 radical (unpaired) electrons. The zero-order valence-electron chi connectivity index (χ0n) is 25.1. The predicted octanol–water partition coefficient (Wildman–Crippen LogP) is 2.65. The van der Waals surface area contributed by atoms with Gasteiger partial charge in [-0.1, -0.05) is 84.5 Å². The number of esters is 2. The molecule has 0 saturated heterocycles. The Morgan fingerprint density at radius 2 is 1.07 bits per heavy atom. The summed E-state index contributed by atoms with van der Waals surface area (Å²) in [5.41, 5.74) is 0. The van der Waals surface area contributed by atoms with E-state index in [4.69, 9.17) is 18.5 Å². The van der Waals surface area contributed by atoms with Crippen LogP contribution in [0, 0.1) is 0 Å². The lowest BCUT2D eigenvalue weighted by molar-refractivity contribution is -0.220. The van der Waals surface area contributed by atoms with Gasteiger partial charge in [0, 0.05) is 12.8 Å². The first-order valence-corrected chi connectivity index (χ1v) is 16.8. The molecule has 0 aromatic carbocycles. The number of hydrogen-bond donors (Lipinski definition) is 6. The third-order valence-corrected chi connectivity index (χ3v) is 8.18.